The Morgan fingerprint density at radius 1 is 1.09 bits per heavy atom. The number of rotatable bonds is 22. The number of amides is 2. The van der Waals surface area contributed by atoms with Crippen molar-refractivity contribution in [1.82, 2.24) is 10.6 Å². The van der Waals surface area contributed by atoms with Gasteiger partial charge in [0.2, 0.25) is 11.8 Å². The van der Waals surface area contributed by atoms with Gasteiger partial charge in [-0.05, 0) is 77.9 Å². The number of hydrogen-bond donors (Lipinski definition) is 3. The number of aliphatic hydroxyl groups excluding tert-OH is 1. The molecule has 1 fully saturated rings. The molecule has 0 unspecified atom stereocenters. The lowest BCUT2D eigenvalue weighted by Gasteiger charge is -2.27. The summed E-state index contributed by atoms with van der Waals surface area (Å²) in [5.74, 6) is -0.511. The molecule has 0 bridgehead atoms. The maximum Gasteiger partial charge on any atom is 0.243 e. The maximum atomic E-state index is 13.4. The van der Waals surface area contributed by atoms with E-state index in [0.717, 1.165) is 36.1 Å². The van der Waals surface area contributed by atoms with Gasteiger partial charge in [0.25, 0.3) is 0 Å². The number of nitrogens with zero attached hydrogens (tertiary/aromatic N) is 3. The van der Waals surface area contributed by atoms with E-state index in [1.54, 1.807) is 19.2 Å². The highest BCUT2D eigenvalue weighted by Gasteiger charge is 2.31. The molecule has 1 saturated carbocycles. The molecule has 11 nitrogen and oxygen atoms in total. The summed E-state index contributed by atoms with van der Waals surface area (Å²) in [6, 6.07) is 10.2. The number of benzene rings is 2. The van der Waals surface area contributed by atoms with Gasteiger partial charge < -0.3 is 30.0 Å². The van der Waals surface area contributed by atoms with Gasteiger partial charge >= 0.3 is 0 Å². The van der Waals surface area contributed by atoms with E-state index in [1.807, 2.05) is 32.9 Å². The van der Waals surface area contributed by atoms with E-state index >= 15 is 0 Å². The minimum atomic E-state index is -1.15. The van der Waals surface area contributed by atoms with Crippen molar-refractivity contribution in [2.75, 3.05) is 26.9 Å². The summed E-state index contributed by atoms with van der Waals surface area (Å²) in [6.45, 7) is 7.18. The van der Waals surface area contributed by atoms with E-state index in [2.05, 4.69) is 26.7 Å². The second-order valence-electron chi connectivity index (χ2n) is 12.3. The predicted molar refractivity (Wildman–Crippen MR) is 177 cm³/mol. The van der Waals surface area contributed by atoms with Crippen LogP contribution >= 0.6 is 0 Å². The van der Waals surface area contributed by atoms with Gasteiger partial charge in [-0.3, -0.25) is 9.59 Å². The number of aliphatic hydroxyl groups is 1. The van der Waals surface area contributed by atoms with Crippen LogP contribution in [0.25, 0.3) is 10.4 Å². The van der Waals surface area contributed by atoms with E-state index in [0.29, 0.717) is 32.0 Å². The van der Waals surface area contributed by atoms with Crippen molar-refractivity contribution in [3.05, 3.63) is 75.4 Å². The Kier molecular flexibility index (Phi) is 15.9. The number of methoxy groups -OCH3 is 1. The number of carbonyl (C=O) groups excluding carboxylic acids is 2. The van der Waals surface area contributed by atoms with E-state index in [1.165, 1.54) is 17.7 Å². The fraction of sp³-hybridized carbons (Fsp3) is 0.600. The van der Waals surface area contributed by atoms with Crippen LogP contribution in [0.3, 0.4) is 0 Å². The number of halogens is 1. The van der Waals surface area contributed by atoms with Gasteiger partial charge in [0.05, 0.1) is 32.0 Å². The lowest BCUT2D eigenvalue weighted by molar-refractivity contribution is -0.133. The molecule has 47 heavy (non-hydrogen) atoms. The van der Waals surface area contributed by atoms with E-state index in [4.69, 9.17) is 14.2 Å². The monoisotopic (exact) mass is 655 g/mol. The van der Waals surface area contributed by atoms with Crippen molar-refractivity contribution in [1.29, 1.82) is 0 Å². The summed E-state index contributed by atoms with van der Waals surface area (Å²) >= 11 is 0. The third-order valence-electron chi connectivity index (χ3n) is 8.61. The van der Waals surface area contributed by atoms with Crippen molar-refractivity contribution in [2.24, 2.45) is 17.0 Å². The van der Waals surface area contributed by atoms with Crippen LogP contribution in [-0.2, 0) is 32.2 Å². The molecule has 0 aromatic heterocycles. The first kappa shape index (κ1) is 37.8. The zero-order valence-corrected chi connectivity index (χ0v) is 28.0. The van der Waals surface area contributed by atoms with Gasteiger partial charge in [0.15, 0.2) is 0 Å². The van der Waals surface area contributed by atoms with Crippen LogP contribution in [0.15, 0.2) is 47.6 Å². The molecule has 2 amide bonds. The number of hydrogen-bond acceptors (Lipinski definition) is 7. The first-order valence-electron chi connectivity index (χ1n) is 16.6. The third-order valence-corrected chi connectivity index (χ3v) is 8.61. The number of ether oxygens (including phenoxy) is 3. The lowest BCUT2D eigenvalue weighted by atomic mass is 9.92. The molecule has 1 aliphatic carbocycles. The van der Waals surface area contributed by atoms with Crippen molar-refractivity contribution in [2.45, 2.75) is 96.6 Å². The molecule has 5 atom stereocenters. The number of nitrogens with one attached hydrogen (secondary N) is 2. The quantitative estimate of drug-likeness (QED) is 0.0618. The lowest BCUT2D eigenvalue weighted by Crippen LogP contribution is -2.52. The second kappa shape index (κ2) is 19.8. The Morgan fingerprint density at radius 2 is 1.81 bits per heavy atom. The summed E-state index contributed by atoms with van der Waals surface area (Å²) < 4.78 is 30.3. The molecule has 3 N–H and O–H groups in total. The van der Waals surface area contributed by atoms with Crippen LogP contribution in [0.4, 0.5) is 4.39 Å². The topological polar surface area (TPSA) is 155 Å². The van der Waals surface area contributed by atoms with Gasteiger partial charge in [-0.2, -0.15) is 0 Å². The average molecular weight is 656 g/mol. The Bertz CT molecular complexity index is 1320. The summed E-state index contributed by atoms with van der Waals surface area (Å²) in [5, 5.41) is 20.5. The van der Waals surface area contributed by atoms with Crippen LogP contribution in [0, 0.1) is 17.7 Å². The molecule has 1 aliphatic rings. The standard InChI is InChI=1S/C35H50FN5O6/c1-5-23(3)33(35(44)38-20-24-8-13-28(36)14-9-24)39-34(43)26(6-2)19-31(42)30(40-41-37)22-46-21-25-10-15-29(27-11-12-27)32(18-25)47-17-7-16-45-4/h8-10,13-15,18,23,26-27,30-31,33,42H,5-7,11-12,16-17,19-22H2,1-4H3,(H,38,44)(H,39,43)/t23-,26+,30-,31-,33-/m0/s1. The van der Waals surface area contributed by atoms with Crippen molar-refractivity contribution in [3.8, 4) is 5.75 Å². The summed E-state index contributed by atoms with van der Waals surface area (Å²) in [5.41, 5.74) is 12.0. The van der Waals surface area contributed by atoms with Crippen molar-refractivity contribution in [3.63, 3.8) is 0 Å². The molecule has 0 heterocycles. The molecule has 2 aromatic carbocycles. The molecular weight excluding hydrogens is 605 g/mol. The molecule has 0 radical (unpaired) electrons. The molecule has 0 saturated heterocycles. The van der Waals surface area contributed by atoms with E-state index < -0.39 is 24.1 Å². The molecular formula is C35H50FN5O6. The summed E-state index contributed by atoms with van der Waals surface area (Å²) in [4.78, 5) is 29.4. The average Bonchev–Trinajstić information content (AvgIpc) is 3.92. The predicted octanol–water partition coefficient (Wildman–Crippen LogP) is 5.94. The van der Waals surface area contributed by atoms with Crippen LogP contribution in [0.5, 0.6) is 5.75 Å². The highest BCUT2D eigenvalue weighted by molar-refractivity contribution is 5.88. The van der Waals surface area contributed by atoms with Crippen molar-refractivity contribution >= 4 is 11.8 Å². The summed E-state index contributed by atoms with van der Waals surface area (Å²) in [6.07, 6.45) is 3.01. The number of carbonyl (C=O) groups is 2. The van der Waals surface area contributed by atoms with Gasteiger partial charge in [-0.25, -0.2) is 4.39 Å². The first-order valence-corrected chi connectivity index (χ1v) is 16.6. The molecule has 0 spiro atoms. The smallest absolute Gasteiger partial charge is 0.243 e. The summed E-state index contributed by atoms with van der Waals surface area (Å²) in [7, 11) is 1.66. The number of azide groups is 1. The fourth-order valence-electron chi connectivity index (χ4n) is 5.28. The molecule has 258 valence electrons. The molecule has 0 aliphatic heterocycles. The van der Waals surface area contributed by atoms with Crippen LogP contribution < -0.4 is 15.4 Å². The van der Waals surface area contributed by atoms with Crippen LogP contribution in [0.2, 0.25) is 0 Å². The van der Waals surface area contributed by atoms with Crippen LogP contribution in [0.1, 0.15) is 81.9 Å². The molecule has 2 aromatic rings. The first-order chi connectivity index (χ1) is 22.7. The van der Waals surface area contributed by atoms with Gasteiger partial charge in [0, 0.05) is 37.5 Å². The highest BCUT2D eigenvalue weighted by atomic mass is 19.1. The molecule has 3 rings (SSSR count). The third kappa shape index (κ3) is 12.4. The fourth-order valence-corrected chi connectivity index (χ4v) is 5.28. The van der Waals surface area contributed by atoms with Gasteiger partial charge in [0.1, 0.15) is 17.6 Å². The Labute approximate surface area is 277 Å². The zero-order chi connectivity index (χ0) is 34.2. The largest absolute Gasteiger partial charge is 0.493 e. The van der Waals surface area contributed by atoms with E-state index in [-0.39, 0.29) is 49.7 Å². The highest BCUT2D eigenvalue weighted by Crippen LogP contribution is 2.44. The zero-order valence-electron chi connectivity index (χ0n) is 28.0. The van der Waals surface area contributed by atoms with Crippen LogP contribution in [-0.4, -0.2) is 62.0 Å². The van der Waals surface area contributed by atoms with Gasteiger partial charge in [-0.15, -0.1) is 0 Å². The second-order valence-corrected chi connectivity index (χ2v) is 12.3. The SMILES string of the molecule is CC[C@H](C[C@H](O)[C@H](COCc1ccc(C2CC2)c(OCCCOC)c1)N=[N+]=[N-])C(=O)N[C@H](C(=O)NCc1ccc(F)cc1)[C@@H](C)CC. The maximum absolute atomic E-state index is 13.4. The van der Waals surface area contributed by atoms with Crippen molar-refractivity contribution < 1.29 is 33.3 Å². The van der Waals surface area contributed by atoms with Gasteiger partial charge in [-0.1, -0.05) is 56.6 Å². The van der Waals surface area contributed by atoms with E-state index in [9.17, 15) is 24.6 Å². The minimum Gasteiger partial charge on any atom is -0.493 e. The Morgan fingerprint density at radius 3 is 2.45 bits per heavy atom. The minimum absolute atomic E-state index is 0.0232. The Hall–Kier alpha value is -3.70. The molecule has 12 heteroatoms. The Balaban J connectivity index is 1.56. The normalized spacial score (nSPS) is 15.9.